The lowest BCUT2D eigenvalue weighted by Gasteiger charge is -2.54. The van der Waals surface area contributed by atoms with Crippen LogP contribution in [0, 0.1) is 40.9 Å². The van der Waals surface area contributed by atoms with Crippen LogP contribution < -0.4 is 32.3 Å². The van der Waals surface area contributed by atoms with E-state index >= 15 is 0 Å². The van der Waals surface area contributed by atoms with Gasteiger partial charge in [-0.3, -0.25) is 34.1 Å². The Labute approximate surface area is 421 Å². The van der Waals surface area contributed by atoms with E-state index in [2.05, 4.69) is 52.3 Å². The molecule has 71 heavy (non-hydrogen) atoms. The lowest BCUT2D eigenvalue weighted by molar-refractivity contribution is -0.146. The summed E-state index contributed by atoms with van der Waals surface area (Å²) < 4.78 is 5.70. The largest absolute Gasteiger partial charge is 0.508 e. The molecular weight excluding hydrogens is 897 g/mol. The Kier molecular flexibility index (Phi) is 17.4. The molecule has 2 fully saturated rings. The summed E-state index contributed by atoms with van der Waals surface area (Å²) >= 11 is 0. The van der Waals surface area contributed by atoms with E-state index in [0.29, 0.717) is 44.3 Å². The monoisotopic (exact) mass is 977 g/mol. The number of nitrogens with two attached hydrogens (primary N) is 1. The quantitative estimate of drug-likeness (QED) is 0.0497. The number of aromatic hydroxyl groups is 1. The van der Waals surface area contributed by atoms with Gasteiger partial charge in [-0.25, -0.2) is 0 Å². The normalized spacial score (nSPS) is 27.9. The van der Waals surface area contributed by atoms with E-state index < -0.39 is 41.3 Å². The number of imide groups is 1. The van der Waals surface area contributed by atoms with Gasteiger partial charge in [-0.2, -0.15) is 0 Å². The highest BCUT2D eigenvalue weighted by Gasteiger charge is 2.56. The second kappa shape index (κ2) is 23.1. The van der Waals surface area contributed by atoms with Gasteiger partial charge >= 0.3 is 0 Å². The highest BCUT2D eigenvalue weighted by atomic mass is 16.5. The summed E-state index contributed by atoms with van der Waals surface area (Å²) in [5.74, 6) is 3.87. The first kappa shape index (κ1) is 53.5. The van der Waals surface area contributed by atoms with E-state index in [9.17, 15) is 33.9 Å². The minimum absolute atomic E-state index is 0.000476. The molecule has 2 saturated carbocycles. The molecule has 10 atom stereocenters. The van der Waals surface area contributed by atoms with Gasteiger partial charge in [-0.15, -0.1) is 5.92 Å². The number of ether oxygens (including phenoxy) is 1. The van der Waals surface area contributed by atoms with Gasteiger partial charge < -0.3 is 36.8 Å². The number of carbonyl (C=O) groups excluding carboxylic acids is 6. The van der Waals surface area contributed by atoms with Crippen molar-refractivity contribution in [2.45, 2.75) is 192 Å². The molecule has 1 unspecified atom stereocenters. The van der Waals surface area contributed by atoms with Gasteiger partial charge in [0.1, 0.15) is 30.5 Å². The molecule has 0 heterocycles. The number of phenolic OH excluding ortho intramolecular Hbond substituents is 1. The summed E-state index contributed by atoms with van der Waals surface area (Å²) in [6, 6.07) is 8.84. The summed E-state index contributed by atoms with van der Waals surface area (Å²) in [5.41, 5.74) is 10.1. The Bertz CT molecular complexity index is 2380. The Balaban J connectivity index is 0.892. The highest BCUT2D eigenvalue weighted by Crippen LogP contribution is 2.58. The Morgan fingerprint density at radius 2 is 1.52 bits per heavy atom. The highest BCUT2D eigenvalue weighted by molar-refractivity contribution is 6.00. The number of hydrogen-bond donors (Lipinski definition) is 7. The number of rotatable bonds is 17. The number of phenols is 1. The molecule has 2 aromatic carbocycles. The van der Waals surface area contributed by atoms with Crippen LogP contribution in [-0.2, 0) is 57.2 Å². The Morgan fingerprint density at radius 3 is 2.30 bits per heavy atom. The van der Waals surface area contributed by atoms with Crippen LogP contribution >= 0.6 is 0 Å². The average Bonchev–Trinajstić information content (AvgIpc) is 3.32. The predicted molar refractivity (Wildman–Crippen MR) is 274 cm³/mol. The van der Waals surface area contributed by atoms with E-state index in [1.165, 1.54) is 11.1 Å². The third kappa shape index (κ3) is 12.2. The van der Waals surface area contributed by atoms with Crippen molar-refractivity contribution >= 4 is 41.1 Å². The number of unbranched alkanes of at least 4 members (excludes halogenated alkanes) is 1. The van der Waals surface area contributed by atoms with Crippen molar-refractivity contribution in [1.82, 2.24) is 21.3 Å². The third-order valence-corrected chi connectivity index (χ3v) is 17.2. The van der Waals surface area contributed by atoms with Crippen molar-refractivity contribution in [2.24, 2.45) is 34.8 Å². The standard InChI is InChI=1S/C57H80N6O8/c1-35(2)49(62-52(68)46(58)19-12-13-31-59-48(65)34-71-41-16-10-8-7-9-11-17-41)53(69)60-36(3)50(66)61-39-24-20-37-22-26-43-42(18-14-28-55(43,4)44(37)32-39)51(67)63-54(70)57(6)30-15-29-56(5)45-33-40(64)25-21-38(45)23-27-47(56)57/h20-21,24-25,32-33,35-36,41-43,46-47,49,64H,7-10,12-16,18-19,22-23,26-31,34,58H2,1-6H3,(H,59,65)(H,60,69)(H,61,66)(H,62,68)(H,63,67,70)/t36-,41?,42-,43-,46-,47+,49-,55-,56+,57-/m0/s1. The smallest absolute Gasteiger partial charge is 0.246 e. The van der Waals surface area contributed by atoms with E-state index in [4.69, 9.17) is 10.5 Å². The average molecular weight is 977 g/mol. The van der Waals surface area contributed by atoms with Gasteiger partial charge in [-0.05, 0) is 172 Å². The molecule has 7 rings (SSSR count). The van der Waals surface area contributed by atoms with Gasteiger partial charge in [0, 0.05) is 24.6 Å². The van der Waals surface area contributed by atoms with Crippen LogP contribution in [-0.4, -0.2) is 77.9 Å². The number of benzene rings is 2. The molecule has 0 bridgehead atoms. The molecule has 5 aliphatic rings. The summed E-state index contributed by atoms with van der Waals surface area (Å²) in [5, 5.41) is 24.8. The second-order valence-electron chi connectivity index (χ2n) is 22.5. The summed E-state index contributed by atoms with van der Waals surface area (Å²) in [6.45, 7) is 12.1. The molecule has 6 amide bonds. The first-order valence-corrected chi connectivity index (χ1v) is 26.7. The molecule has 0 spiro atoms. The summed E-state index contributed by atoms with van der Waals surface area (Å²) in [4.78, 5) is 81.5. The molecule has 14 heteroatoms. The van der Waals surface area contributed by atoms with Crippen molar-refractivity contribution in [1.29, 1.82) is 0 Å². The predicted octanol–water partition coefficient (Wildman–Crippen LogP) is 6.92. The topological polar surface area (TPSA) is 218 Å². The molecule has 5 aliphatic carbocycles. The van der Waals surface area contributed by atoms with Crippen LogP contribution in [0.3, 0.4) is 0 Å². The Hall–Kier alpha value is -5.26. The third-order valence-electron chi connectivity index (χ3n) is 17.2. The zero-order valence-corrected chi connectivity index (χ0v) is 43.1. The van der Waals surface area contributed by atoms with Crippen LogP contribution in [0.4, 0.5) is 5.69 Å². The number of amides is 6. The Morgan fingerprint density at radius 1 is 0.789 bits per heavy atom. The minimum Gasteiger partial charge on any atom is -0.508 e. The molecule has 14 nitrogen and oxygen atoms in total. The summed E-state index contributed by atoms with van der Waals surface area (Å²) in [6.07, 6.45) is 14.5. The minimum atomic E-state index is -0.932. The molecule has 0 radical (unpaired) electrons. The first-order valence-electron chi connectivity index (χ1n) is 26.7. The molecular formula is C57H80N6O8. The lowest BCUT2D eigenvalue weighted by Crippen LogP contribution is -2.57. The van der Waals surface area contributed by atoms with Crippen LogP contribution in [0.2, 0.25) is 0 Å². The van der Waals surface area contributed by atoms with Crippen molar-refractivity contribution in [3.63, 3.8) is 0 Å². The number of anilines is 1. The van der Waals surface area contributed by atoms with E-state index in [-0.39, 0.29) is 70.7 Å². The van der Waals surface area contributed by atoms with E-state index in [1.54, 1.807) is 13.0 Å². The molecule has 8 N–H and O–H groups in total. The fourth-order valence-electron chi connectivity index (χ4n) is 13.1. The van der Waals surface area contributed by atoms with Gasteiger partial charge in [0.15, 0.2) is 0 Å². The van der Waals surface area contributed by atoms with Gasteiger partial charge in [0.05, 0.1) is 11.5 Å². The van der Waals surface area contributed by atoms with Crippen LogP contribution in [0.15, 0.2) is 36.4 Å². The number of fused-ring (bicyclic) bond motifs is 6. The maximum atomic E-state index is 14.4. The molecule has 0 aromatic heterocycles. The molecule has 0 saturated heterocycles. The van der Waals surface area contributed by atoms with Crippen molar-refractivity contribution < 1.29 is 38.6 Å². The number of aryl methyl sites for hydroxylation is 2. The number of hydrogen-bond acceptors (Lipinski definition) is 9. The van der Waals surface area contributed by atoms with Crippen LogP contribution in [0.5, 0.6) is 5.75 Å². The zero-order valence-electron chi connectivity index (χ0n) is 43.1. The molecule has 2 aromatic rings. The lowest BCUT2D eigenvalue weighted by atomic mass is 9.49. The maximum absolute atomic E-state index is 14.4. The van der Waals surface area contributed by atoms with Gasteiger partial charge in [-0.1, -0.05) is 71.9 Å². The van der Waals surface area contributed by atoms with Crippen molar-refractivity contribution in [3.05, 3.63) is 58.7 Å². The fraction of sp³-hybridized carbons (Fsp3) is 0.649. The number of carbonyl (C=O) groups is 6. The van der Waals surface area contributed by atoms with Crippen molar-refractivity contribution in [3.8, 4) is 17.6 Å². The zero-order chi connectivity index (χ0) is 51.1. The van der Waals surface area contributed by atoms with E-state index in [0.717, 1.165) is 94.6 Å². The maximum Gasteiger partial charge on any atom is 0.246 e. The van der Waals surface area contributed by atoms with Crippen molar-refractivity contribution in [2.75, 3.05) is 18.5 Å². The fourth-order valence-corrected chi connectivity index (χ4v) is 13.1. The summed E-state index contributed by atoms with van der Waals surface area (Å²) in [7, 11) is 0. The second-order valence-corrected chi connectivity index (χ2v) is 22.5. The molecule has 386 valence electrons. The SMILES string of the molecule is CC(C)[C@H](NC(=O)[C@@H](N)CCCCNC(=O)COC1C#CCCCCC1)C(=O)N[C@@H](C)C(=O)Nc1ccc2c(c1)[C@@]1(C)CCC[C@H](C(=O)NC(=O)[C@@]3(C)CCC[C@]4(C)c5cc(O)ccc5CC[C@@H]34)[C@@H]1CC2. The van der Waals surface area contributed by atoms with E-state index in [1.807, 2.05) is 51.1 Å². The van der Waals surface area contributed by atoms with Crippen LogP contribution in [0.25, 0.3) is 0 Å². The molecule has 0 aliphatic heterocycles. The van der Waals surface area contributed by atoms with Crippen LogP contribution in [0.1, 0.15) is 167 Å². The van der Waals surface area contributed by atoms with Gasteiger partial charge in [0.25, 0.3) is 0 Å². The van der Waals surface area contributed by atoms with Gasteiger partial charge in [0.2, 0.25) is 35.4 Å². The first-order chi connectivity index (χ1) is 33.8. The number of nitrogens with one attached hydrogen (secondary N) is 5.